The van der Waals surface area contributed by atoms with Gasteiger partial charge in [0, 0.05) is 19.1 Å². The Kier molecular flexibility index (Phi) is 4.87. The molecule has 2 atom stereocenters. The second kappa shape index (κ2) is 6.19. The Bertz CT molecular complexity index is 223. The minimum Gasteiger partial charge on any atom is -0.330 e. The fourth-order valence-corrected chi connectivity index (χ4v) is 3.42. The topological polar surface area (TPSA) is 29.3 Å². The number of nitrogens with two attached hydrogens (primary N) is 1. The highest BCUT2D eigenvalue weighted by Gasteiger charge is 2.33. The molecule has 2 saturated carbocycles. The lowest BCUT2D eigenvalue weighted by Crippen LogP contribution is -2.39. The van der Waals surface area contributed by atoms with E-state index in [9.17, 15) is 0 Å². The van der Waals surface area contributed by atoms with E-state index in [-0.39, 0.29) is 0 Å². The molecule has 2 aliphatic carbocycles. The predicted octanol–water partition coefficient (Wildman–Crippen LogP) is 2.87. The van der Waals surface area contributed by atoms with Crippen molar-refractivity contribution in [3.8, 4) is 0 Å². The Balaban J connectivity index is 1.86. The Hall–Kier alpha value is -0.0800. The van der Waals surface area contributed by atoms with Gasteiger partial charge >= 0.3 is 0 Å². The zero-order valence-electron chi connectivity index (χ0n) is 11.7. The van der Waals surface area contributed by atoms with Crippen LogP contribution in [0.2, 0.25) is 0 Å². The molecule has 2 heteroatoms. The molecule has 0 saturated heterocycles. The summed E-state index contributed by atoms with van der Waals surface area (Å²) in [5.74, 6) is 2.49. The summed E-state index contributed by atoms with van der Waals surface area (Å²) >= 11 is 0. The Labute approximate surface area is 107 Å². The van der Waals surface area contributed by atoms with Crippen LogP contribution in [-0.2, 0) is 0 Å². The molecule has 17 heavy (non-hydrogen) atoms. The summed E-state index contributed by atoms with van der Waals surface area (Å²) in [6.45, 7) is 8.21. The molecule has 0 spiro atoms. The van der Waals surface area contributed by atoms with E-state index >= 15 is 0 Å². The van der Waals surface area contributed by atoms with Crippen molar-refractivity contribution >= 4 is 0 Å². The van der Waals surface area contributed by atoms with Gasteiger partial charge in [-0.05, 0) is 50.0 Å². The second-order valence-electron chi connectivity index (χ2n) is 6.62. The van der Waals surface area contributed by atoms with Crippen LogP contribution >= 0.6 is 0 Å². The smallest absolute Gasteiger partial charge is 0.00966 e. The van der Waals surface area contributed by atoms with Crippen molar-refractivity contribution in [2.75, 3.05) is 19.6 Å². The van der Waals surface area contributed by atoms with Gasteiger partial charge in [0.25, 0.3) is 0 Å². The zero-order valence-corrected chi connectivity index (χ0v) is 11.7. The van der Waals surface area contributed by atoms with E-state index in [2.05, 4.69) is 18.7 Å². The summed E-state index contributed by atoms with van der Waals surface area (Å²) in [6.07, 6.45) is 8.51. The first-order valence-corrected chi connectivity index (χ1v) is 7.64. The van der Waals surface area contributed by atoms with Gasteiger partial charge in [0.15, 0.2) is 0 Å². The zero-order chi connectivity index (χ0) is 12.3. The van der Waals surface area contributed by atoms with Gasteiger partial charge in [-0.25, -0.2) is 0 Å². The van der Waals surface area contributed by atoms with Crippen molar-refractivity contribution in [1.29, 1.82) is 0 Å². The molecule has 2 aliphatic rings. The Morgan fingerprint density at radius 2 is 1.71 bits per heavy atom. The molecule has 2 rings (SSSR count). The molecule has 2 N–H and O–H groups in total. The normalized spacial score (nSPS) is 30.2. The summed E-state index contributed by atoms with van der Waals surface area (Å²) in [5.41, 5.74) is 5.94. The molecule has 0 aliphatic heterocycles. The van der Waals surface area contributed by atoms with Crippen molar-refractivity contribution in [1.82, 2.24) is 4.90 Å². The van der Waals surface area contributed by atoms with Gasteiger partial charge in [-0.1, -0.05) is 26.7 Å². The van der Waals surface area contributed by atoms with Crippen LogP contribution in [0.3, 0.4) is 0 Å². The van der Waals surface area contributed by atoms with E-state index in [1.807, 2.05) is 0 Å². The predicted molar refractivity (Wildman–Crippen MR) is 73.9 cm³/mol. The fraction of sp³-hybridized carbons (Fsp3) is 1.00. The Morgan fingerprint density at radius 3 is 2.24 bits per heavy atom. The molecule has 0 amide bonds. The van der Waals surface area contributed by atoms with Crippen LogP contribution in [0.15, 0.2) is 0 Å². The molecule has 0 aromatic rings. The molecule has 0 aromatic heterocycles. The van der Waals surface area contributed by atoms with Crippen LogP contribution in [0, 0.1) is 17.8 Å². The third kappa shape index (κ3) is 3.96. The van der Waals surface area contributed by atoms with Crippen LogP contribution < -0.4 is 5.73 Å². The molecular weight excluding hydrogens is 208 g/mol. The maximum atomic E-state index is 5.94. The maximum absolute atomic E-state index is 5.94. The number of hydrogen-bond donors (Lipinski definition) is 1. The van der Waals surface area contributed by atoms with E-state index in [1.165, 1.54) is 51.6 Å². The maximum Gasteiger partial charge on any atom is 0.00966 e. The third-order valence-corrected chi connectivity index (χ3v) is 4.50. The van der Waals surface area contributed by atoms with E-state index in [4.69, 9.17) is 5.73 Å². The molecular formula is C15H30N2. The minimum absolute atomic E-state index is 0.801. The lowest BCUT2D eigenvalue weighted by Gasteiger charge is -2.36. The summed E-state index contributed by atoms with van der Waals surface area (Å²) in [4.78, 5) is 2.77. The van der Waals surface area contributed by atoms with Crippen molar-refractivity contribution in [3.63, 3.8) is 0 Å². The summed E-state index contributed by atoms with van der Waals surface area (Å²) < 4.78 is 0. The van der Waals surface area contributed by atoms with Crippen molar-refractivity contribution < 1.29 is 0 Å². The quantitative estimate of drug-likeness (QED) is 0.771. The van der Waals surface area contributed by atoms with Crippen LogP contribution in [0.5, 0.6) is 0 Å². The molecule has 0 radical (unpaired) electrons. The standard InChI is InChI=1S/C15H30N2/c1-12(2)10-17(15-7-8-15)11-14-6-4-3-5-13(14)9-16/h12-15H,3-11,16H2,1-2H3. The first kappa shape index (κ1) is 13.4. The second-order valence-corrected chi connectivity index (χ2v) is 6.62. The Morgan fingerprint density at radius 1 is 1.06 bits per heavy atom. The van der Waals surface area contributed by atoms with E-state index in [0.717, 1.165) is 30.3 Å². The molecule has 100 valence electrons. The lowest BCUT2D eigenvalue weighted by atomic mass is 9.79. The van der Waals surface area contributed by atoms with Gasteiger partial charge in [-0.3, -0.25) is 4.90 Å². The highest BCUT2D eigenvalue weighted by molar-refractivity contribution is 4.88. The molecule has 0 heterocycles. The fourth-order valence-electron chi connectivity index (χ4n) is 3.42. The van der Waals surface area contributed by atoms with Gasteiger partial charge in [0.2, 0.25) is 0 Å². The molecule has 0 bridgehead atoms. The van der Waals surface area contributed by atoms with E-state index in [1.54, 1.807) is 0 Å². The third-order valence-electron chi connectivity index (χ3n) is 4.50. The monoisotopic (exact) mass is 238 g/mol. The number of rotatable bonds is 6. The van der Waals surface area contributed by atoms with Crippen LogP contribution in [0.25, 0.3) is 0 Å². The van der Waals surface area contributed by atoms with Gasteiger partial charge in [-0.2, -0.15) is 0 Å². The van der Waals surface area contributed by atoms with Crippen LogP contribution in [0.4, 0.5) is 0 Å². The van der Waals surface area contributed by atoms with E-state index in [0.29, 0.717) is 0 Å². The number of hydrogen-bond acceptors (Lipinski definition) is 2. The minimum atomic E-state index is 0.801. The van der Waals surface area contributed by atoms with Gasteiger partial charge in [0.1, 0.15) is 0 Å². The lowest BCUT2D eigenvalue weighted by molar-refractivity contribution is 0.138. The van der Waals surface area contributed by atoms with Crippen molar-refractivity contribution in [2.24, 2.45) is 23.5 Å². The SMILES string of the molecule is CC(C)CN(CC1CCCCC1CN)C1CC1. The first-order chi connectivity index (χ1) is 8.20. The van der Waals surface area contributed by atoms with E-state index < -0.39 is 0 Å². The molecule has 2 unspecified atom stereocenters. The van der Waals surface area contributed by atoms with Gasteiger partial charge in [0.05, 0.1) is 0 Å². The highest BCUT2D eigenvalue weighted by Crippen LogP contribution is 2.34. The summed E-state index contributed by atoms with van der Waals surface area (Å²) in [6, 6.07) is 0.915. The highest BCUT2D eigenvalue weighted by atomic mass is 15.2. The van der Waals surface area contributed by atoms with Gasteiger partial charge < -0.3 is 5.73 Å². The largest absolute Gasteiger partial charge is 0.330 e. The molecule has 0 aromatic carbocycles. The average molecular weight is 238 g/mol. The summed E-state index contributed by atoms with van der Waals surface area (Å²) in [5, 5.41) is 0. The van der Waals surface area contributed by atoms with Crippen molar-refractivity contribution in [2.45, 2.75) is 58.4 Å². The first-order valence-electron chi connectivity index (χ1n) is 7.64. The number of nitrogens with zero attached hydrogens (tertiary/aromatic N) is 1. The molecule has 2 fully saturated rings. The van der Waals surface area contributed by atoms with Crippen molar-refractivity contribution in [3.05, 3.63) is 0 Å². The summed E-state index contributed by atoms with van der Waals surface area (Å²) in [7, 11) is 0. The van der Waals surface area contributed by atoms with Crippen LogP contribution in [-0.4, -0.2) is 30.6 Å². The molecule has 2 nitrogen and oxygen atoms in total. The average Bonchev–Trinajstić information content (AvgIpc) is 3.12. The van der Waals surface area contributed by atoms with Gasteiger partial charge in [-0.15, -0.1) is 0 Å². The van der Waals surface area contributed by atoms with Crippen LogP contribution in [0.1, 0.15) is 52.4 Å².